The van der Waals surface area contributed by atoms with Gasteiger partial charge in [-0.2, -0.15) is 4.79 Å². The first kappa shape index (κ1) is 6.43. The fraction of sp³-hybridized carbons (Fsp3) is 0.750. The van der Waals surface area contributed by atoms with E-state index in [0.29, 0.717) is 0 Å². The van der Waals surface area contributed by atoms with Gasteiger partial charge >= 0.3 is 6.09 Å². The van der Waals surface area contributed by atoms with Crippen LogP contribution in [0.25, 0.3) is 0 Å². The van der Waals surface area contributed by atoms with E-state index in [1.165, 1.54) is 0 Å². The van der Waals surface area contributed by atoms with Crippen LogP contribution in [-0.2, 0) is 4.74 Å². The Labute approximate surface area is 42.4 Å². The zero-order chi connectivity index (χ0) is 5.86. The molecule has 3 heteroatoms. The SMILES string of the molecule is CC(C)OC([NH3+])=O. The molecule has 0 rings (SSSR count). The third kappa shape index (κ3) is 5.43. The lowest BCUT2D eigenvalue weighted by molar-refractivity contribution is -0.286. The first-order chi connectivity index (χ1) is 3.13. The molecule has 0 atom stereocenters. The Morgan fingerprint density at radius 2 is 2.14 bits per heavy atom. The number of ether oxygens (including phenoxy) is 1. The van der Waals surface area contributed by atoms with Crippen LogP contribution in [0.3, 0.4) is 0 Å². The minimum atomic E-state index is -0.463. The molecule has 0 heterocycles. The summed E-state index contributed by atoms with van der Waals surface area (Å²) in [5.74, 6) is 0. The van der Waals surface area contributed by atoms with Crippen LogP contribution in [0, 0.1) is 0 Å². The van der Waals surface area contributed by atoms with Crippen molar-refractivity contribution in [2.75, 3.05) is 0 Å². The first-order valence-corrected chi connectivity index (χ1v) is 2.15. The van der Waals surface area contributed by atoms with Crippen molar-refractivity contribution in [3.05, 3.63) is 0 Å². The summed E-state index contributed by atoms with van der Waals surface area (Å²) in [5, 5.41) is 0. The van der Waals surface area contributed by atoms with Crippen LogP contribution in [-0.4, -0.2) is 12.2 Å². The highest BCUT2D eigenvalue weighted by Crippen LogP contribution is 1.82. The Bertz CT molecular complexity index is 70.1. The van der Waals surface area contributed by atoms with Crippen LogP contribution in [0.4, 0.5) is 4.79 Å². The normalized spacial score (nSPS) is 9.14. The van der Waals surface area contributed by atoms with Gasteiger partial charge in [-0.15, -0.1) is 0 Å². The summed E-state index contributed by atoms with van der Waals surface area (Å²) in [6.07, 6.45) is -0.500. The molecule has 0 saturated heterocycles. The summed E-state index contributed by atoms with van der Waals surface area (Å²) in [4.78, 5) is 9.92. The lowest BCUT2D eigenvalue weighted by Crippen LogP contribution is -2.57. The molecular formula is C4H10NO2+. The lowest BCUT2D eigenvalue weighted by Gasteiger charge is -1.98. The molecule has 0 radical (unpaired) electrons. The lowest BCUT2D eigenvalue weighted by atomic mass is 10.5. The van der Waals surface area contributed by atoms with Gasteiger partial charge in [0.1, 0.15) is 6.10 Å². The third-order valence-electron chi connectivity index (χ3n) is 0.367. The number of carbonyl (C=O) groups excluding carboxylic acids is 1. The Morgan fingerprint density at radius 3 is 2.14 bits per heavy atom. The van der Waals surface area contributed by atoms with Gasteiger partial charge in [0.15, 0.2) is 0 Å². The number of quaternary nitrogens is 1. The zero-order valence-electron chi connectivity index (χ0n) is 4.60. The summed E-state index contributed by atoms with van der Waals surface area (Å²) < 4.78 is 4.50. The predicted molar refractivity (Wildman–Crippen MR) is 24.5 cm³/mol. The van der Waals surface area contributed by atoms with Gasteiger partial charge in [0, 0.05) is 0 Å². The van der Waals surface area contributed by atoms with E-state index in [-0.39, 0.29) is 6.10 Å². The second-order valence-corrected chi connectivity index (χ2v) is 1.54. The minimum Gasteiger partial charge on any atom is -0.418 e. The second-order valence-electron chi connectivity index (χ2n) is 1.54. The minimum absolute atomic E-state index is 0.0370. The number of rotatable bonds is 1. The van der Waals surface area contributed by atoms with Gasteiger partial charge in [-0.25, -0.2) is 0 Å². The summed E-state index contributed by atoms with van der Waals surface area (Å²) >= 11 is 0. The van der Waals surface area contributed by atoms with E-state index in [4.69, 9.17) is 0 Å². The fourth-order valence-electron chi connectivity index (χ4n) is 0.263. The summed E-state index contributed by atoms with van der Waals surface area (Å²) in [6.45, 7) is 3.56. The van der Waals surface area contributed by atoms with Gasteiger partial charge in [-0.05, 0) is 13.8 Å². The molecule has 0 fully saturated rings. The molecule has 0 aliphatic rings. The molecule has 0 aliphatic heterocycles. The highest BCUT2D eigenvalue weighted by atomic mass is 16.6. The number of carbonyl (C=O) groups is 1. The molecular weight excluding hydrogens is 94.0 g/mol. The predicted octanol–water partition coefficient (Wildman–Crippen LogP) is -0.227. The Kier molecular flexibility index (Phi) is 2.37. The van der Waals surface area contributed by atoms with E-state index in [9.17, 15) is 4.79 Å². The summed E-state index contributed by atoms with van der Waals surface area (Å²) in [5.41, 5.74) is 3.02. The van der Waals surface area contributed by atoms with Crippen LogP contribution >= 0.6 is 0 Å². The van der Waals surface area contributed by atoms with Crippen LogP contribution in [0.5, 0.6) is 0 Å². The van der Waals surface area contributed by atoms with Crippen molar-refractivity contribution in [3.8, 4) is 0 Å². The van der Waals surface area contributed by atoms with E-state index >= 15 is 0 Å². The Balaban J connectivity index is 3.13. The quantitative estimate of drug-likeness (QED) is 0.499. The highest BCUT2D eigenvalue weighted by molar-refractivity contribution is 5.54. The van der Waals surface area contributed by atoms with Crippen molar-refractivity contribution in [1.29, 1.82) is 0 Å². The Morgan fingerprint density at radius 1 is 1.71 bits per heavy atom. The molecule has 0 unspecified atom stereocenters. The van der Waals surface area contributed by atoms with Gasteiger partial charge in [-0.1, -0.05) is 0 Å². The van der Waals surface area contributed by atoms with Crippen molar-refractivity contribution in [2.24, 2.45) is 0 Å². The number of amides is 1. The highest BCUT2D eigenvalue weighted by Gasteiger charge is 1.98. The monoisotopic (exact) mass is 104 g/mol. The topological polar surface area (TPSA) is 53.9 Å². The molecule has 42 valence electrons. The fourth-order valence-corrected chi connectivity index (χ4v) is 0.263. The summed E-state index contributed by atoms with van der Waals surface area (Å²) in [7, 11) is 0. The van der Waals surface area contributed by atoms with Crippen molar-refractivity contribution >= 4 is 6.09 Å². The standard InChI is InChI=1S/C4H9NO2/c1-3(2)7-4(5)6/h3H,1-2H3,(H2,5,6)/p+1. The largest absolute Gasteiger partial charge is 0.511 e. The van der Waals surface area contributed by atoms with Gasteiger partial charge in [0.25, 0.3) is 0 Å². The van der Waals surface area contributed by atoms with Crippen molar-refractivity contribution in [2.45, 2.75) is 20.0 Å². The van der Waals surface area contributed by atoms with Crippen molar-refractivity contribution in [1.82, 2.24) is 0 Å². The van der Waals surface area contributed by atoms with Gasteiger partial charge in [0.2, 0.25) is 0 Å². The first-order valence-electron chi connectivity index (χ1n) is 2.15. The third-order valence-corrected chi connectivity index (χ3v) is 0.367. The number of hydrogen-bond acceptors (Lipinski definition) is 2. The molecule has 7 heavy (non-hydrogen) atoms. The maximum absolute atomic E-state index is 9.92. The van der Waals surface area contributed by atoms with Crippen LogP contribution in [0.2, 0.25) is 0 Å². The molecule has 0 aromatic heterocycles. The molecule has 0 aromatic carbocycles. The molecule has 0 aromatic rings. The van der Waals surface area contributed by atoms with E-state index in [2.05, 4.69) is 10.5 Å². The van der Waals surface area contributed by atoms with Gasteiger partial charge in [-0.3, -0.25) is 5.73 Å². The molecule has 0 bridgehead atoms. The van der Waals surface area contributed by atoms with Gasteiger partial charge in [0.05, 0.1) is 0 Å². The van der Waals surface area contributed by atoms with E-state index in [0.717, 1.165) is 0 Å². The second kappa shape index (κ2) is 2.58. The number of hydrogen-bond donors (Lipinski definition) is 1. The molecule has 0 spiro atoms. The summed E-state index contributed by atoms with van der Waals surface area (Å²) in [6, 6.07) is 0. The van der Waals surface area contributed by atoms with Crippen LogP contribution < -0.4 is 5.73 Å². The van der Waals surface area contributed by atoms with Crippen molar-refractivity contribution in [3.63, 3.8) is 0 Å². The van der Waals surface area contributed by atoms with Gasteiger partial charge < -0.3 is 4.74 Å². The molecule has 0 saturated carbocycles. The van der Waals surface area contributed by atoms with E-state index in [1.807, 2.05) is 0 Å². The van der Waals surface area contributed by atoms with Crippen LogP contribution in [0.1, 0.15) is 13.8 Å². The Hall–Kier alpha value is -0.570. The van der Waals surface area contributed by atoms with Crippen LogP contribution in [0.15, 0.2) is 0 Å². The zero-order valence-corrected chi connectivity index (χ0v) is 4.60. The molecule has 3 N–H and O–H groups in total. The van der Waals surface area contributed by atoms with Crippen molar-refractivity contribution < 1.29 is 15.3 Å². The molecule has 1 amide bonds. The molecule has 3 nitrogen and oxygen atoms in total. The molecule has 0 aliphatic carbocycles. The smallest absolute Gasteiger partial charge is 0.418 e. The van der Waals surface area contributed by atoms with E-state index < -0.39 is 6.09 Å². The average Bonchev–Trinajstić information content (AvgIpc) is 1.27. The average molecular weight is 104 g/mol. The van der Waals surface area contributed by atoms with E-state index in [1.54, 1.807) is 13.8 Å². The maximum atomic E-state index is 9.92. The maximum Gasteiger partial charge on any atom is 0.511 e.